The summed E-state index contributed by atoms with van der Waals surface area (Å²) in [7, 11) is 0. The molecule has 6 heteroatoms. The highest BCUT2D eigenvalue weighted by Crippen LogP contribution is 2.29. The number of hydrogen-bond donors (Lipinski definition) is 3. The molecule has 1 amide bonds. The van der Waals surface area contributed by atoms with E-state index in [1.54, 1.807) is 24.4 Å². The summed E-state index contributed by atoms with van der Waals surface area (Å²) in [6, 6.07) is 5.31. The van der Waals surface area contributed by atoms with Crippen molar-refractivity contribution in [2.45, 2.75) is 31.7 Å². The number of carbonyl (C=O) groups is 1. The molecule has 1 aromatic heterocycles. The van der Waals surface area contributed by atoms with Crippen molar-refractivity contribution in [1.29, 1.82) is 0 Å². The van der Waals surface area contributed by atoms with Gasteiger partial charge in [-0.1, -0.05) is 11.6 Å². The van der Waals surface area contributed by atoms with E-state index in [0.29, 0.717) is 16.1 Å². The molecule has 0 unspecified atom stereocenters. The predicted octanol–water partition coefficient (Wildman–Crippen LogP) is 2.64. The Morgan fingerprint density at radius 1 is 1.27 bits per heavy atom. The van der Waals surface area contributed by atoms with Gasteiger partial charge in [0.1, 0.15) is 0 Å². The number of nitrogens with two attached hydrogens (primary N) is 1. The van der Waals surface area contributed by atoms with Crippen LogP contribution in [0.5, 0.6) is 0 Å². The van der Waals surface area contributed by atoms with Crippen molar-refractivity contribution >= 4 is 34.0 Å². The molecule has 1 aliphatic carbocycles. The summed E-state index contributed by atoms with van der Waals surface area (Å²) < 4.78 is 0. The topological polar surface area (TPSA) is 88.0 Å². The molecule has 2 aromatic rings. The lowest BCUT2D eigenvalue weighted by molar-refractivity contribution is -0.120. The second-order valence-electron chi connectivity index (χ2n) is 5.83. The number of fused-ring (bicyclic) bond motifs is 1. The minimum absolute atomic E-state index is 0.0225. The lowest BCUT2D eigenvalue weighted by Crippen LogP contribution is -2.32. The molecule has 22 heavy (non-hydrogen) atoms. The number of aromatic amines is 1. The molecule has 1 aliphatic rings. The average molecular weight is 320 g/mol. The summed E-state index contributed by atoms with van der Waals surface area (Å²) in [4.78, 5) is 26.7. The van der Waals surface area contributed by atoms with E-state index in [2.05, 4.69) is 10.3 Å². The second kappa shape index (κ2) is 6.10. The molecule has 0 atom stereocenters. The predicted molar refractivity (Wildman–Crippen MR) is 88.1 cm³/mol. The van der Waals surface area contributed by atoms with E-state index in [1.165, 1.54) is 0 Å². The molecule has 0 radical (unpaired) electrons. The van der Waals surface area contributed by atoms with Crippen LogP contribution in [-0.4, -0.2) is 16.9 Å². The zero-order valence-corrected chi connectivity index (χ0v) is 12.8. The van der Waals surface area contributed by atoms with Crippen molar-refractivity contribution < 1.29 is 4.79 Å². The highest BCUT2D eigenvalue weighted by atomic mass is 35.5. The van der Waals surface area contributed by atoms with E-state index in [4.69, 9.17) is 17.3 Å². The molecular formula is C16H18ClN3O2. The first-order valence-electron chi connectivity index (χ1n) is 7.42. The molecule has 0 bridgehead atoms. The van der Waals surface area contributed by atoms with Gasteiger partial charge in [0, 0.05) is 23.5 Å². The standard InChI is InChI=1S/C16H18ClN3O2/c17-13-8-12-10(5-6-19-16(12)22)7-14(13)20-15(21)9-1-3-11(18)4-2-9/h5-9,11H,1-4,18H2,(H,19,22)(H,20,21)/t9-,11-. The number of benzene rings is 1. The van der Waals surface area contributed by atoms with Crippen molar-refractivity contribution in [3.05, 3.63) is 39.8 Å². The van der Waals surface area contributed by atoms with Crippen LogP contribution in [-0.2, 0) is 4.79 Å². The van der Waals surface area contributed by atoms with Crippen LogP contribution in [0, 0.1) is 5.92 Å². The molecule has 5 nitrogen and oxygen atoms in total. The van der Waals surface area contributed by atoms with Gasteiger partial charge in [-0.15, -0.1) is 0 Å². The van der Waals surface area contributed by atoms with Gasteiger partial charge in [-0.25, -0.2) is 0 Å². The third-order valence-electron chi connectivity index (χ3n) is 4.26. The van der Waals surface area contributed by atoms with Crippen LogP contribution in [0.25, 0.3) is 10.8 Å². The third-order valence-corrected chi connectivity index (χ3v) is 4.57. The van der Waals surface area contributed by atoms with Crippen LogP contribution >= 0.6 is 11.6 Å². The van der Waals surface area contributed by atoms with Gasteiger partial charge in [-0.3, -0.25) is 9.59 Å². The third kappa shape index (κ3) is 3.00. The van der Waals surface area contributed by atoms with Crippen LogP contribution < -0.4 is 16.6 Å². The summed E-state index contributed by atoms with van der Waals surface area (Å²) in [6.07, 6.45) is 4.93. The minimum atomic E-state index is -0.196. The van der Waals surface area contributed by atoms with Gasteiger partial charge < -0.3 is 16.0 Å². The zero-order valence-electron chi connectivity index (χ0n) is 12.1. The minimum Gasteiger partial charge on any atom is -0.329 e. The quantitative estimate of drug-likeness (QED) is 0.795. The molecule has 1 fully saturated rings. The monoisotopic (exact) mass is 319 g/mol. The van der Waals surface area contributed by atoms with Gasteiger partial charge in [-0.2, -0.15) is 0 Å². The number of halogens is 1. The summed E-state index contributed by atoms with van der Waals surface area (Å²) in [5.74, 6) is -0.0521. The van der Waals surface area contributed by atoms with E-state index >= 15 is 0 Å². The van der Waals surface area contributed by atoms with E-state index in [9.17, 15) is 9.59 Å². The average Bonchev–Trinajstić information content (AvgIpc) is 2.50. The number of nitrogens with one attached hydrogen (secondary N) is 2. The zero-order chi connectivity index (χ0) is 15.7. The number of H-pyrrole nitrogens is 1. The van der Waals surface area contributed by atoms with Crippen LogP contribution in [0.4, 0.5) is 5.69 Å². The molecule has 0 aliphatic heterocycles. The van der Waals surface area contributed by atoms with Gasteiger partial charge in [0.2, 0.25) is 5.91 Å². The second-order valence-corrected chi connectivity index (χ2v) is 6.23. The van der Waals surface area contributed by atoms with Crippen LogP contribution in [0.3, 0.4) is 0 Å². The summed E-state index contributed by atoms with van der Waals surface area (Å²) in [6.45, 7) is 0. The maximum absolute atomic E-state index is 12.4. The van der Waals surface area contributed by atoms with Crippen molar-refractivity contribution in [2.24, 2.45) is 11.7 Å². The fraction of sp³-hybridized carbons (Fsp3) is 0.375. The van der Waals surface area contributed by atoms with E-state index in [1.807, 2.05) is 0 Å². The largest absolute Gasteiger partial charge is 0.329 e. The Hall–Kier alpha value is -1.85. The molecule has 0 spiro atoms. The maximum Gasteiger partial charge on any atom is 0.255 e. The summed E-state index contributed by atoms with van der Waals surface area (Å²) in [5.41, 5.74) is 6.21. The van der Waals surface area contributed by atoms with Gasteiger partial charge in [-0.05, 0) is 49.3 Å². The van der Waals surface area contributed by atoms with Crippen molar-refractivity contribution in [1.82, 2.24) is 4.98 Å². The Kier molecular flexibility index (Phi) is 4.18. The molecule has 4 N–H and O–H groups in total. The molecule has 1 saturated carbocycles. The summed E-state index contributed by atoms with van der Waals surface area (Å²) in [5, 5.41) is 4.50. The first-order chi connectivity index (χ1) is 10.5. The summed E-state index contributed by atoms with van der Waals surface area (Å²) >= 11 is 6.19. The van der Waals surface area contributed by atoms with Crippen molar-refractivity contribution in [3.8, 4) is 0 Å². The van der Waals surface area contributed by atoms with Crippen molar-refractivity contribution in [3.63, 3.8) is 0 Å². The number of rotatable bonds is 2. The molecule has 116 valence electrons. The Bertz CT molecular complexity index is 764. The van der Waals surface area contributed by atoms with Crippen LogP contribution in [0.1, 0.15) is 25.7 Å². The fourth-order valence-corrected chi connectivity index (χ4v) is 3.13. The lowest BCUT2D eigenvalue weighted by Gasteiger charge is -2.25. The van der Waals surface area contributed by atoms with Crippen LogP contribution in [0.15, 0.2) is 29.2 Å². The number of amides is 1. The van der Waals surface area contributed by atoms with Gasteiger partial charge >= 0.3 is 0 Å². The van der Waals surface area contributed by atoms with Gasteiger partial charge in [0.05, 0.1) is 10.7 Å². The smallest absolute Gasteiger partial charge is 0.255 e. The highest BCUT2D eigenvalue weighted by Gasteiger charge is 2.25. The van der Waals surface area contributed by atoms with E-state index in [0.717, 1.165) is 31.1 Å². The first kappa shape index (κ1) is 15.1. The molecular weight excluding hydrogens is 302 g/mol. The van der Waals surface area contributed by atoms with E-state index in [-0.39, 0.29) is 23.4 Å². The molecule has 1 heterocycles. The van der Waals surface area contributed by atoms with Crippen molar-refractivity contribution in [2.75, 3.05) is 5.32 Å². The van der Waals surface area contributed by atoms with E-state index < -0.39 is 0 Å². The number of hydrogen-bond acceptors (Lipinski definition) is 3. The number of pyridine rings is 1. The first-order valence-corrected chi connectivity index (χ1v) is 7.80. The number of aromatic nitrogens is 1. The SMILES string of the molecule is N[C@H]1CC[C@H](C(=O)Nc2cc3cc[nH]c(=O)c3cc2Cl)CC1. The Morgan fingerprint density at radius 2 is 2.00 bits per heavy atom. The molecule has 0 saturated heterocycles. The highest BCUT2D eigenvalue weighted by molar-refractivity contribution is 6.34. The Balaban J connectivity index is 1.83. The maximum atomic E-state index is 12.4. The Morgan fingerprint density at radius 3 is 2.73 bits per heavy atom. The fourth-order valence-electron chi connectivity index (χ4n) is 2.92. The number of carbonyl (C=O) groups excluding carboxylic acids is 1. The van der Waals surface area contributed by atoms with Crippen LogP contribution in [0.2, 0.25) is 5.02 Å². The molecule has 3 rings (SSSR count). The normalized spacial score (nSPS) is 21.7. The van der Waals surface area contributed by atoms with Gasteiger partial charge in [0.25, 0.3) is 5.56 Å². The Labute approximate surface area is 132 Å². The lowest BCUT2D eigenvalue weighted by atomic mass is 9.86. The number of anilines is 1. The van der Waals surface area contributed by atoms with Gasteiger partial charge in [0.15, 0.2) is 0 Å². The molecule has 1 aromatic carbocycles.